The van der Waals surface area contributed by atoms with Crippen LogP contribution in [-0.4, -0.2) is 142 Å². The van der Waals surface area contributed by atoms with Crippen molar-refractivity contribution >= 4 is 63.3 Å². The minimum atomic E-state index is -0.631. The number of nitrogens with one attached hydrogen (secondary N) is 2. The topological polar surface area (TPSA) is 195 Å². The van der Waals surface area contributed by atoms with E-state index < -0.39 is 29.2 Å². The summed E-state index contributed by atoms with van der Waals surface area (Å²) in [5.74, 6) is -2.22. The number of hydrogen-bond acceptors (Lipinski definition) is 13. The summed E-state index contributed by atoms with van der Waals surface area (Å²) in [4.78, 5) is 68.3. The first kappa shape index (κ1) is 58.3. The largest absolute Gasteiger partial charge is 0.465 e. The lowest BCUT2D eigenvalue weighted by Gasteiger charge is -2.53. The van der Waals surface area contributed by atoms with Gasteiger partial charge in [-0.3, -0.25) is 14.3 Å². The molecule has 428 valence electrons. The van der Waals surface area contributed by atoms with Crippen LogP contribution in [0.15, 0.2) is 85.2 Å². The number of nitrogens with zero attached hydrogens (tertiary/aromatic N) is 8. The zero-order chi connectivity index (χ0) is 57.7. The number of aromatic nitrogens is 4. The lowest BCUT2D eigenvalue weighted by Crippen LogP contribution is -2.63. The fraction of sp³-hybridized carbons (Fsp3) is 0.475. The Hall–Kier alpha value is -7.81. The Kier molecular flexibility index (Phi) is 17.4. The van der Waals surface area contributed by atoms with Gasteiger partial charge in [0.05, 0.1) is 55.3 Å². The average molecular weight is 1110 g/mol. The molecule has 0 saturated carbocycles. The van der Waals surface area contributed by atoms with E-state index in [1.54, 1.807) is 48.6 Å². The number of benzene rings is 4. The third kappa shape index (κ3) is 14.0. The lowest BCUT2D eigenvalue weighted by atomic mass is 9.72. The molecule has 10 rings (SSSR count). The normalized spacial score (nSPS) is 16.3. The zero-order valence-electron chi connectivity index (χ0n) is 47.5. The van der Waals surface area contributed by atoms with E-state index in [9.17, 15) is 28.4 Å². The molecule has 2 aromatic heterocycles. The standard InChI is InChI=1S/C30H36FN5O5.C17H16FN3O2.C12H22N2O2/c1-29(2,3)41-28(39)35-18-30(19-35)10-12-34(13-11-30)27(38)36(23-9-8-21-16-32-33(4)25(21)15-23)17-22-7-6-20(14-24(22)31)26(37)40-5;1-21-16-8-14(6-5-13(16)10-20-21)19-9-12-4-3-11(7-15(12)18)17(22)23-2;1-11(2,3)16-10(15)14-8-12(9-14)4-6-13-7-5-12/h6-9,14-16H,10-13,17-19H2,1-5H3;3-8,10,19H,9H2,1-2H3;13H,4-9H2,1-3H3. The summed E-state index contributed by atoms with van der Waals surface area (Å²) in [5, 5.41) is 17.0. The van der Waals surface area contributed by atoms with Gasteiger partial charge in [-0.2, -0.15) is 10.2 Å². The van der Waals surface area contributed by atoms with Crippen molar-refractivity contribution in [3.63, 3.8) is 0 Å². The number of anilines is 2. The van der Waals surface area contributed by atoms with E-state index >= 15 is 4.39 Å². The Morgan fingerprint density at radius 3 is 1.59 bits per heavy atom. The lowest BCUT2D eigenvalue weighted by molar-refractivity contribution is -0.0548. The van der Waals surface area contributed by atoms with Crippen LogP contribution in [0.4, 0.5) is 34.5 Å². The van der Waals surface area contributed by atoms with E-state index in [-0.39, 0.29) is 52.5 Å². The number of aryl methyl sites for hydroxylation is 2. The average Bonchev–Trinajstić information content (AvgIpc) is 4.11. The molecule has 0 radical (unpaired) electrons. The molecule has 4 saturated heterocycles. The van der Waals surface area contributed by atoms with Crippen LogP contribution in [0.5, 0.6) is 0 Å². The number of methoxy groups -OCH3 is 2. The molecule has 0 aliphatic carbocycles. The van der Waals surface area contributed by atoms with Crippen molar-refractivity contribution < 1.29 is 51.7 Å². The summed E-state index contributed by atoms with van der Waals surface area (Å²) in [7, 11) is 6.21. The van der Waals surface area contributed by atoms with Crippen LogP contribution in [0.1, 0.15) is 99.1 Å². The number of piperidine rings is 2. The molecular formula is C59H74F2N10O9. The van der Waals surface area contributed by atoms with Crippen molar-refractivity contribution in [2.75, 3.05) is 76.8 Å². The Morgan fingerprint density at radius 2 is 1.10 bits per heavy atom. The highest BCUT2D eigenvalue weighted by molar-refractivity contribution is 5.95. The summed E-state index contributed by atoms with van der Waals surface area (Å²) in [6.45, 7) is 17.8. The second kappa shape index (κ2) is 23.9. The minimum Gasteiger partial charge on any atom is -0.465 e. The fourth-order valence-corrected chi connectivity index (χ4v) is 10.4. The van der Waals surface area contributed by atoms with Gasteiger partial charge in [0, 0.05) is 104 Å². The highest BCUT2D eigenvalue weighted by atomic mass is 19.1. The molecule has 0 bridgehead atoms. The summed E-state index contributed by atoms with van der Waals surface area (Å²) >= 11 is 0. The van der Waals surface area contributed by atoms with Gasteiger partial charge in [-0.1, -0.05) is 12.1 Å². The number of carbonyl (C=O) groups excluding carboxylic acids is 5. The third-order valence-corrected chi connectivity index (χ3v) is 15.0. The number of fused-ring (bicyclic) bond motifs is 2. The Morgan fingerprint density at radius 1 is 0.625 bits per heavy atom. The van der Waals surface area contributed by atoms with Crippen molar-refractivity contribution in [1.82, 2.24) is 39.6 Å². The van der Waals surface area contributed by atoms with E-state index in [4.69, 9.17) is 14.2 Å². The first-order chi connectivity index (χ1) is 37.9. The second-order valence-corrected chi connectivity index (χ2v) is 23.3. The first-order valence-electron chi connectivity index (χ1n) is 26.9. The van der Waals surface area contributed by atoms with Crippen molar-refractivity contribution in [2.24, 2.45) is 24.9 Å². The highest BCUT2D eigenvalue weighted by Crippen LogP contribution is 2.42. The van der Waals surface area contributed by atoms with Gasteiger partial charge in [0.2, 0.25) is 0 Å². The van der Waals surface area contributed by atoms with Crippen LogP contribution in [0, 0.1) is 22.5 Å². The minimum absolute atomic E-state index is 0.0243. The fourth-order valence-electron chi connectivity index (χ4n) is 10.4. The highest BCUT2D eigenvalue weighted by Gasteiger charge is 2.49. The molecule has 6 aromatic rings. The van der Waals surface area contributed by atoms with Gasteiger partial charge in [-0.15, -0.1) is 0 Å². The molecule has 4 fully saturated rings. The molecule has 19 nitrogen and oxygen atoms in total. The van der Waals surface area contributed by atoms with Gasteiger partial charge in [0.25, 0.3) is 0 Å². The monoisotopic (exact) mass is 1100 g/mol. The number of ether oxygens (including phenoxy) is 4. The van der Waals surface area contributed by atoms with Crippen molar-refractivity contribution in [2.45, 2.75) is 91.5 Å². The SMILES string of the molecule is CC(C)(C)OC(=O)N1CC2(CCNCC2)C1.COC(=O)c1ccc(CN(C(=O)N2CCC3(CC2)CN(C(=O)OC(C)(C)C)C3)c2ccc3cnn(C)c3c2)c(F)c1.COC(=O)c1ccc(CNc2ccc3cnn(C)c3c2)c(F)c1. The molecule has 4 amide bonds. The molecule has 4 aliphatic heterocycles. The summed E-state index contributed by atoms with van der Waals surface area (Å²) < 4.78 is 52.8. The molecule has 4 aliphatic rings. The van der Waals surface area contributed by atoms with Gasteiger partial charge in [-0.05, 0) is 141 Å². The molecule has 2 spiro atoms. The van der Waals surface area contributed by atoms with Crippen LogP contribution in [-0.2, 0) is 46.1 Å². The predicted octanol–water partition coefficient (Wildman–Crippen LogP) is 9.68. The van der Waals surface area contributed by atoms with Crippen molar-refractivity contribution in [3.8, 4) is 0 Å². The van der Waals surface area contributed by atoms with Crippen LogP contribution in [0.25, 0.3) is 21.8 Å². The number of urea groups is 1. The molecule has 4 aromatic carbocycles. The molecule has 80 heavy (non-hydrogen) atoms. The van der Waals surface area contributed by atoms with Gasteiger partial charge in [0.1, 0.15) is 22.8 Å². The van der Waals surface area contributed by atoms with Crippen molar-refractivity contribution in [1.29, 1.82) is 0 Å². The predicted molar refractivity (Wildman–Crippen MR) is 299 cm³/mol. The van der Waals surface area contributed by atoms with Crippen LogP contribution in [0.2, 0.25) is 0 Å². The number of esters is 2. The first-order valence-corrected chi connectivity index (χ1v) is 26.9. The number of halogens is 2. The van der Waals surface area contributed by atoms with Gasteiger partial charge >= 0.3 is 30.2 Å². The van der Waals surface area contributed by atoms with Crippen LogP contribution in [0.3, 0.4) is 0 Å². The molecule has 21 heteroatoms. The van der Waals surface area contributed by atoms with Crippen molar-refractivity contribution in [3.05, 3.63) is 119 Å². The molecule has 2 N–H and O–H groups in total. The van der Waals surface area contributed by atoms with E-state index in [0.717, 1.165) is 72.6 Å². The number of likely N-dealkylation sites (tertiary alicyclic amines) is 3. The summed E-state index contributed by atoms with van der Waals surface area (Å²) in [6.07, 6.45) is 6.97. The number of carbonyl (C=O) groups is 5. The van der Waals surface area contributed by atoms with E-state index in [0.29, 0.717) is 49.4 Å². The molecular weight excluding hydrogens is 1030 g/mol. The second-order valence-electron chi connectivity index (χ2n) is 23.3. The maximum absolute atomic E-state index is 15.1. The van der Waals surface area contributed by atoms with Gasteiger partial charge in [0.15, 0.2) is 0 Å². The number of rotatable bonds is 8. The summed E-state index contributed by atoms with van der Waals surface area (Å²) in [6, 6.07) is 19.7. The zero-order valence-corrected chi connectivity index (χ0v) is 47.5. The number of hydrogen-bond donors (Lipinski definition) is 2. The van der Waals surface area contributed by atoms with E-state index in [2.05, 4.69) is 25.6 Å². The van der Waals surface area contributed by atoms with Gasteiger partial charge in [-0.25, -0.2) is 32.8 Å². The van der Waals surface area contributed by atoms with Crippen LogP contribution < -0.4 is 15.5 Å². The molecule has 6 heterocycles. The van der Waals surface area contributed by atoms with Gasteiger partial charge < -0.3 is 44.3 Å². The Bertz CT molecular complexity index is 3230. The molecule has 0 atom stereocenters. The maximum atomic E-state index is 15.1. The third-order valence-electron chi connectivity index (χ3n) is 15.0. The van der Waals surface area contributed by atoms with Crippen LogP contribution >= 0.6 is 0 Å². The number of amides is 4. The summed E-state index contributed by atoms with van der Waals surface area (Å²) in [5.41, 5.74) is 3.82. The Balaban J connectivity index is 0.000000180. The quantitative estimate of drug-likeness (QED) is 0.108. The van der Waals surface area contributed by atoms with E-state index in [1.807, 2.05) is 96.9 Å². The maximum Gasteiger partial charge on any atom is 0.410 e. The van der Waals surface area contributed by atoms with E-state index in [1.165, 1.54) is 45.3 Å². The smallest absolute Gasteiger partial charge is 0.410 e. The molecule has 0 unspecified atom stereocenters. The Labute approximate surface area is 465 Å².